The average molecular weight is 272 g/mol. The van der Waals surface area contributed by atoms with Gasteiger partial charge in [0.2, 0.25) is 0 Å². The first-order valence-corrected chi connectivity index (χ1v) is 6.40. The van der Waals surface area contributed by atoms with E-state index in [1.807, 2.05) is 0 Å². The zero-order chi connectivity index (χ0) is 14.8. The van der Waals surface area contributed by atoms with Gasteiger partial charge in [0, 0.05) is 13.7 Å². The molecule has 0 radical (unpaired) electrons. The summed E-state index contributed by atoms with van der Waals surface area (Å²) in [4.78, 5) is 22.5. The van der Waals surface area contributed by atoms with Crippen LogP contribution in [0.1, 0.15) is 27.7 Å². The first-order chi connectivity index (χ1) is 8.64. The highest BCUT2D eigenvalue weighted by molar-refractivity contribution is 5.82. The highest BCUT2D eigenvalue weighted by Crippen LogP contribution is 2.67. The molecule has 1 atom stereocenters. The van der Waals surface area contributed by atoms with Crippen molar-refractivity contribution < 1.29 is 19.4 Å². The van der Waals surface area contributed by atoms with Crippen LogP contribution in [-0.4, -0.2) is 43.4 Å². The number of urea groups is 1. The van der Waals surface area contributed by atoms with Crippen molar-refractivity contribution in [1.29, 1.82) is 0 Å². The minimum Gasteiger partial charge on any atom is -0.480 e. The number of nitrogens with one attached hydrogen (secondary N) is 2. The van der Waals surface area contributed by atoms with E-state index in [0.29, 0.717) is 12.5 Å². The third-order valence-corrected chi connectivity index (χ3v) is 4.72. The largest absolute Gasteiger partial charge is 0.480 e. The maximum absolute atomic E-state index is 11.6. The number of rotatable bonds is 6. The molecule has 1 saturated carbocycles. The van der Waals surface area contributed by atoms with E-state index in [1.54, 1.807) is 0 Å². The van der Waals surface area contributed by atoms with Crippen molar-refractivity contribution in [3.05, 3.63) is 0 Å². The average Bonchev–Trinajstić information content (AvgIpc) is 2.66. The monoisotopic (exact) mass is 272 g/mol. The van der Waals surface area contributed by atoms with Crippen molar-refractivity contribution in [2.24, 2.45) is 16.7 Å². The summed E-state index contributed by atoms with van der Waals surface area (Å²) in [6.45, 7) is 9.17. The molecule has 19 heavy (non-hydrogen) atoms. The third kappa shape index (κ3) is 3.18. The fourth-order valence-corrected chi connectivity index (χ4v) is 2.59. The van der Waals surface area contributed by atoms with Gasteiger partial charge >= 0.3 is 12.0 Å². The number of aliphatic carboxylic acids is 1. The molecule has 0 aromatic carbocycles. The highest BCUT2D eigenvalue weighted by atomic mass is 16.5. The van der Waals surface area contributed by atoms with Crippen molar-refractivity contribution in [1.82, 2.24) is 10.6 Å². The van der Waals surface area contributed by atoms with Crippen LogP contribution in [0.2, 0.25) is 0 Å². The smallest absolute Gasteiger partial charge is 0.328 e. The van der Waals surface area contributed by atoms with Crippen molar-refractivity contribution in [3.63, 3.8) is 0 Å². The van der Waals surface area contributed by atoms with Crippen LogP contribution >= 0.6 is 0 Å². The second kappa shape index (κ2) is 5.36. The molecule has 0 spiro atoms. The van der Waals surface area contributed by atoms with Crippen molar-refractivity contribution >= 4 is 12.0 Å². The zero-order valence-corrected chi connectivity index (χ0v) is 12.2. The van der Waals surface area contributed by atoms with Gasteiger partial charge in [-0.3, -0.25) is 0 Å². The van der Waals surface area contributed by atoms with Crippen LogP contribution in [0.15, 0.2) is 0 Å². The molecule has 0 aromatic rings. The van der Waals surface area contributed by atoms with E-state index < -0.39 is 18.0 Å². The molecule has 110 valence electrons. The second-order valence-corrected chi connectivity index (χ2v) is 6.20. The quantitative estimate of drug-likeness (QED) is 0.675. The van der Waals surface area contributed by atoms with Crippen molar-refractivity contribution in [3.8, 4) is 0 Å². The Morgan fingerprint density at radius 1 is 1.26 bits per heavy atom. The van der Waals surface area contributed by atoms with Crippen LogP contribution < -0.4 is 10.6 Å². The van der Waals surface area contributed by atoms with Crippen molar-refractivity contribution in [2.45, 2.75) is 33.7 Å². The van der Waals surface area contributed by atoms with Gasteiger partial charge in [-0.1, -0.05) is 27.7 Å². The maximum atomic E-state index is 11.6. The van der Waals surface area contributed by atoms with Crippen LogP contribution in [0.5, 0.6) is 0 Å². The van der Waals surface area contributed by atoms with E-state index in [9.17, 15) is 9.59 Å². The molecule has 0 aromatic heterocycles. The minimum atomic E-state index is -1.11. The van der Waals surface area contributed by atoms with Gasteiger partial charge in [-0.15, -0.1) is 0 Å². The minimum absolute atomic E-state index is 0.0524. The van der Waals surface area contributed by atoms with Gasteiger partial charge in [0.15, 0.2) is 6.04 Å². The second-order valence-electron chi connectivity index (χ2n) is 6.20. The summed E-state index contributed by atoms with van der Waals surface area (Å²) in [6, 6.07) is -1.49. The fourth-order valence-electron chi connectivity index (χ4n) is 2.59. The molecule has 3 N–H and O–H groups in total. The third-order valence-electron chi connectivity index (χ3n) is 4.72. The van der Waals surface area contributed by atoms with E-state index in [2.05, 4.69) is 38.3 Å². The topological polar surface area (TPSA) is 87.7 Å². The number of carboxylic acids is 1. The van der Waals surface area contributed by atoms with Crippen LogP contribution in [0.4, 0.5) is 4.79 Å². The Morgan fingerprint density at radius 2 is 1.79 bits per heavy atom. The molecule has 1 rings (SSSR count). The maximum Gasteiger partial charge on any atom is 0.328 e. The van der Waals surface area contributed by atoms with E-state index >= 15 is 0 Å². The zero-order valence-electron chi connectivity index (χ0n) is 12.2. The lowest BCUT2D eigenvalue weighted by atomic mass is 10.0. The Balaban J connectivity index is 2.39. The summed E-state index contributed by atoms with van der Waals surface area (Å²) in [5.41, 5.74) is 0.387. The Kier molecular flexibility index (Phi) is 4.45. The highest BCUT2D eigenvalue weighted by Gasteiger charge is 2.64. The van der Waals surface area contributed by atoms with Gasteiger partial charge in [0.05, 0.1) is 6.61 Å². The lowest BCUT2D eigenvalue weighted by Gasteiger charge is -2.14. The summed E-state index contributed by atoms with van der Waals surface area (Å²) in [5, 5.41) is 14.0. The van der Waals surface area contributed by atoms with E-state index in [4.69, 9.17) is 9.84 Å². The first-order valence-electron chi connectivity index (χ1n) is 6.40. The van der Waals surface area contributed by atoms with Crippen LogP contribution in [0, 0.1) is 16.7 Å². The molecule has 0 aliphatic heterocycles. The molecule has 2 amide bonds. The van der Waals surface area contributed by atoms with Gasteiger partial charge in [-0.05, 0) is 16.7 Å². The van der Waals surface area contributed by atoms with Crippen LogP contribution in [0.3, 0.4) is 0 Å². The summed E-state index contributed by atoms with van der Waals surface area (Å²) in [5.74, 6) is -0.708. The lowest BCUT2D eigenvalue weighted by molar-refractivity contribution is -0.140. The number of carbonyl (C=O) groups excluding carboxylic acids is 1. The predicted octanol–water partition coefficient (Wildman–Crippen LogP) is 1.07. The van der Waals surface area contributed by atoms with E-state index in [1.165, 1.54) is 7.11 Å². The molecule has 1 fully saturated rings. The first kappa shape index (κ1) is 15.8. The van der Waals surface area contributed by atoms with Crippen LogP contribution in [0.25, 0.3) is 0 Å². The standard InChI is InChI=1S/C13H24N2O4/c1-12(2)9(13(12,3)4)6-14-11(18)15-8(7-19-5)10(16)17/h8-9H,6-7H2,1-5H3,(H,16,17)(H2,14,15,18). The number of carboxylic acid groups (broad SMARTS) is 1. The predicted molar refractivity (Wildman–Crippen MR) is 70.9 cm³/mol. The summed E-state index contributed by atoms with van der Waals surface area (Å²) >= 11 is 0. The number of amides is 2. The summed E-state index contributed by atoms with van der Waals surface area (Å²) in [6.07, 6.45) is 0. The Labute approximate surface area is 113 Å². The molecular weight excluding hydrogens is 248 g/mol. The van der Waals surface area contributed by atoms with E-state index in [-0.39, 0.29) is 17.4 Å². The van der Waals surface area contributed by atoms with Crippen LogP contribution in [-0.2, 0) is 9.53 Å². The Morgan fingerprint density at radius 3 is 2.16 bits per heavy atom. The molecule has 1 aliphatic carbocycles. The number of hydrogen-bond donors (Lipinski definition) is 3. The SMILES string of the molecule is COCC(NC(=O)NCC1C(C)(C)C1(C)C)C(=O)O. The van der Waals surface area contributed by atoms with Gasteiger partial charge in [0.1, 0.15) is 0 Å². The van der Waals surface area contributed by atoms with Gasteiger partial charge < -0.3 is 20.5 Å². The Hall–Kier alpha value is -1.30. The van der Waals surface area contributed by atoms with E-state index in [0.717, 1.165) is 0 Å². The Bertz CT molecular complexity index is 352. The molecule has 1 unspecified atom stereocenters. The number of ether oxygens (including phenoxy) is 1. The summed E-state index contributed by atoms with van der Waals surface area (Å²) in [7, 11) is 1.39. The number of methoxy groups -OCH3 is 1. The number of hydrogen-bond acceptors (Lipinski definition) is 3. The molecule has 6 nitrogen and oxygen atoms in total. The van der Waals surface area contributed by atoms with Gasteiger partial charge in [-0.2, -0.15) is 0 Å². The van der Waals surface area contributed by atoms with Gasteiger partial charge in [0.25, 0.3) is 0 Å². The molecule has 0 heterocycles. The molecule has 0 saturated heterocycles. The van der Waals surface area contributed by atoms with Gasteiger partial charge in [-0.25, -0.2) is 9.59 Å². The lowest BCUT2D eigenvalue weighted by Crippen LogP contribution is -2.48. The number of carbonyl (C=O) groups is 2. The molecular formula is C13H24N2O4. The molecule has 0 bridgehead atoms. The van der Waals surface area contributed by atoms with Crippen molar-refractivity contribution in [2.75, 3.05) is 20.3 Å². The fraction of sp³-hybridized carbons (Fsp3) is 0.846. The molecule has 1 aliphatic rings. The molecule has 6 heteroatoms. The normalized spacial score (nSPS) is 21.5. The summed E-state index contributed by atoms with van der Waals surface area (Å²) < 4.78 is 4.75.